The van der Waals surface area contributed by atoms with Crippen LogP contribution in [0.25, 0.3) is 0 Å². The smallest absolute Gasteiger partial charge is 0.270 e. The molecule has 1 heterocycles. The van der Waals surface area contributed by atoms with Gasteiger partial charge >= 0.3 is 0 Å². The molecule has 2 atom stereocenters. The van der Waals surface area contributed by atoms with Crippen molar-refractivity contribution in [2.24, 2.45) is 0 Å². The highest BCUT2D eigenvalue weighted by atomic mass is 16.6. The molecule has 1 aliphatic heterocycles. The maximum absolute atomic E-state index is 13.8. The summed E-state index contributed by atoms with van der Waals surface area (Å²) in [6, 6.07) is 22.2. The van der Waals surface area contributed by atoms with Gasteiger partial charge in [0, 0.05) is 42.0 Å². The number of non-ortho nitro benzene ring substituents is 1. The normalized spacial score (nSPS) is 17.4. The molecule has 0 fully saturated rings. The molecule has 7 nitrogen and oxygen atoms in total. The number of hydrogen-bond acceptors (Lipinski definition) is 4. The molecule has 7 heteroatoms. The van der Waals surface area contributed by atoms with Crippen LogP contribution in [0.4, 0.5) is 17.1 Å². The number of benzene rings is 3. The Morgan fingerprint density at radius 3 is 2.38 bits per heavy atom. The first-order valence-corrected chi connectivity index (χ1v) is 10.4. The van der Waals surface area contributed by atoms with Gasteiger partial charge in [-0.3, -0.25) is 19.7 Å². The van der Waals surface area contributed by atoms with Gasteiger partial charge in [-0.25, -0.2) is 0 Å². The molecule has 0 N–H and O–H groups in total. The number of carbonyl (C=O) groups is 2. The van der Waals surface area contributed by atoms with E-state index in [4.69, 9.17) is 0 Å². The number of fused-ring (bicyclic) bond motifs is 1. The molecule has 3 aromatic carbocycles. The number of carbonyl (C=O) groups excluding carboxylic acids is 2. The van der Waals surface area contributed by atoms with Gasteiger partial charge in [-0.2, -0.15) is 0 Å². The third-order valence-electron chi connectivity index (χ3n) is 5.77. The van der Waals surface area contributed by atoms with Gasteiger partial charge in [-0.05, 0) is 43.2 Å². The second kappa shape index (κ2) is 8.63. The standard InChI is InChI=1S/C25H23N3O4/c1-17-15-24(22-13-6-7-14-23(22)26(17)18(2)29)27(20-10-4-3-5-11-20)25(30)19-9-8-12-21(16-19)28(31)32/h3-14,16-17,24H,15H2,1-2H3. The molecule has 4 rings (SSSR count). The van der Waals surface area contributed by atoms with Crippen LogP contribution >= 0.6 is 0 Å². The van der Waals surface area contributed by atoms with E-state index in [0.717, 1.165) is 11.3 Å². The van der Waals surface area contributed by atoms with Gasteiger partial charge in [0.25, 0.3) is 11.6 Å². The first-order chi connectivity index (χ1) is 15.4. The number of para-hydroxylation sites is 2. The van der Waals surface area contributed by atoms with Crippen molar-refractivity contribution in [1.29, 1.82) is 0 Å². The van der Waals surface area contributed by atoms with Crippen LogP contribution in [0.15, 0.2) is 78.9 Å². The van der Waals surface area contributed by atoms with Gasteiger partial charge < -0.3 is 9.80 Å². The van der Waals surface area contributed by atoms with Crippen molar-refractivity contribution < 1.29 is 14.5 Å². The third kappa shape index (κ3) is 3.85. The Balaban J connectivity index is 1.86. The molecule has 0 spiro atoms. The zero-order valence-electron chi connectivity index (χ0n) is 17.8. The first kappa shape index (κ1) is 21.2. The van der Waals surface area contributed by atoms with E-state index in [0.29, 0.717) is 12.1 Å². The first-order valence-electron chi connectivity index (χ1n) is 10.4. The van der Waals surface area contributed by atoms with E-state index < -0.39 is 4.92 Å². The van der Waals surface area contributed by atoms with Crippen LogP contribution in [-0.2, 0) is 4.79 Å². The summed E-state index contributed by atoms with van der Waals surface area (Å²) in [6.07, 6.45) is 0.534. The third-order valence-corrected chi connectivity index (χ3v) is 5.77. The summed E-state index contributed by atoms with van der Waals surface area (Å²) in [7, 11) is 0. The number of hydrogen-bond donors (Lipinski definition) is 0. The molecular weight excluding hydrogens is 406 g/mol. The summed E-state index contributed by atoms with van der Waals surface area (Å²) in [5.74, 6) is -0.386. The number of nitro groups is 1. The molecule has 0 saturated carbocycles. The van der Waals surface area contributed by atoms with Crippen molar-refractivity contribution in [3.63, 3.8) is 0 Å². The summed E-state index contributed by atoms with van der Waals surface area (Å²) < 4.78 is 0. The predicted molar refractivity (Wildman–Crippen MR) is 123 cm³/mol. The van der Waals surface area contributed by atoms with Crippen molar-refractivity contribution in [2.45, 2.75) is 32.4 Å². The van der Waals surface area contributed by atoms with Gasteiger partial charge in [-0.1, -0.05) is 42.5 Å². The summed E-state index contributed by atoms with van der Waals surface area (Å²) >= 11 is 0. The Morgan fingerprint density at radius 1 is 1.00 bits per heavy atom. The van der Waals surface area contributed by atoms with Crippen LogP contribution in [0.3, 0.4) is 0 Å². The van der Waals surface area contributed by atoms with Crippen LogP contribution < -0.4 is 9.80 Å². The number of rotatable bonds is 4. The van der Waals surface area contributed by atoms with E-state index in [1.807, 2.05) is 61.5 Å². The lowest BCUT2D eigenvalue weighted by atomic mass is 9.89. The monoisotopic (exact) mass is 429 g/mol. The zero-order chi connectivity index (χ0) is 22.8. The topological polar surface area (TPSA) is 83.8 Å². The Kier molecular flexibility index (Phi) is 5.73. The largest absolute Gasteiger partial charge is 0.309 e. The Morgan fingerprint density at radius 2 is 1.69 bits per heavy atom. The average molecular weight is 429 g/mol. The molecule has 32 heavy (non-hydrogen) atoms. The maximum atomic E-state index is 13.8. The number of amides is 2. The molecule has 162 valence electrons. The van der Waals surface area contributed by atoms with E-state index in [1.54, 1.807) is 15.9 Å². The zero-order valence-corrected chi connectivity index (χ0v) is 17.8. The number of nitrogens with zero attached hydrogens (tertiary/aromatic N) is 3. The van der Waals surface area contributed by atoms with E-state index in [9.17, 15) is 19.7 Å². The van der Waals surface area contributed by atoms with E-state index >= 15 is 0 Å². The van der Waals surface area contributed by atoms with Crippen molar-refractivity contribution >= 4 is 28.9 Å². The lowest BCUT2D eigenvalue weighted by molar-refractivity contribution is -0.384. The fraction of sp³-hybridized carbons (Fsp3) is 0.200. The van der Waals surface area contributed by atoms with Crippen LogP contribution in [0, 0.1) is 10.1 Å². The average Bonchev–Trinajstić information content (AvgIpc) is 2.79. The van der Waals surface area contributed by atoms with Gasteiger partial charge in [-0.15, -0.1) is 0 Å². The van der Waals surface area contributed by atoms with Crippen molar-refractivity contribution in [2.75, 3.05) is 9.80 Å². The highest BCUT2D eigenvalue weighted by molar-refractivity contribution is 6.07. The van der Waals surface area contributed by atoms with Gasteiger partial charge in [0.2, 0.25) is 5.91 Å². The van der Waals surface area contributed by atoms with Crippen LogP contribution in [-0.4, -0.2) is 22.8 Å². The van der Waals surface area contributed by atoms with Crippen LogP contribution in [0.2, 0.25) is 0 Å². The second-order valence-corrected chi connectivity index (χ2v) is 7.87. The van der Waals surface area contributed by atoms with Crippen molar-refractivity contribution in [3.05, 3.63) is 100 Å². The van der Waals surface area contributed by atoms with E-state index in [-0.39, 0.29) is 35.1 Å². The minimum Gasteiger partial charge on any atom is -0.309 e. The molecule has 0 saturated heterocycles. The second-order valence-electron chi connectivity index (χ2n) is 7.87. The highest BCUT2D eigenvalue weighted by Crippen LogP contribution is 2.42. The molecule has 0 aromatic heterocycles. The lowest BCUT2D eigenvalue weighted by Gasteiger charge is -2.43. The van der Waals surface area contributed by atoms with E-state index in [1.165, 1.54) is 25.1 Å². The molecule has 2 amide bonds. The highest BCUT2D eigenvalue weighted by Gasteiger charge is 2.38. The Bertz CT molecular complexity index is 1180. The predicted octanol–water partition coefficient (Wildman–Crippen LogP) is 5.13. The van der Waals surface area contributed by atoms with Crippen molar-refractivity contribution in [3.8, 4) is 0 Å². The number of nitro benzene ring substituents is 1. The molecule has 2 unspecified atom stereocenters. The van der Waals surface area contributed by atoms with Crippen LogP contribution in [0.5, 0.6) is 0 Å². The Labute approximate surface area is 186 Å². The summed E-state index contributed by atoms with van der Waals surface area (Å²) in [5.41, 5.74) is 2.43. The molecule has 0 bridgehead atoms. The quantitative estimate of drug-likeness (QED) is 0.425. The van der Waals surface area contributed by atoms with Crippen LogP contribution in [0.1, 0.15) is 42.2 Å². The van der Waals surface area contributed by atoms with E-state index in [2.05, 4.69) is 0 Å². The molecule has 3 aromatic rings. The minimum atomic E-state index is -0.508. The Hall–Kier alpha value is -4.00. The molecular formula is C25H23N3O4. The fourth-order valence-corrected chi connectivity index (χ4v) is 4.43. The fourth-order valence-electron chi connectivity index (χ4n) is 4.43. The molecule has 0 radical (unpaired) electrons. The summed E-state index contributed by atoms with van der Waals surface area (Å²) in [5, 5.41) is 11.3. The van der Waals surface area contributed by atoms with Gasteiger partial charge in [0.1, 0.15) is 0 Å². The summed E-state index contributed by atoms with van der Waals surface area (Å²) in [6.45, 7) is 3.50. The summed E-state index contributed by atoms with van der Waals surface area (Å²) in [4.78, 5) is 40.3. The minimum absolute atomic E-state index is 0.0559. The lowest BCUT2D eigenvalue weighted by Crippen LogP contribution is -2.47. The van der Waals surface area contributed by atoms with Crippen molar-refractivity contribution in [1.82, 2.24) is 0 Å². The number of anilines is 2. The molecule has 1 aliphatic rings. The van der Waals surface area contributed by atoms with Gasteiger partial charge in [0.15, 0.2) is 0 Å². The van der Waals surface area contributed by atoms with Gasteiger partial charge in [0.05, 0.1) is 11.0 Å². The molecule has 0 aliphatic carbocycles. The SMILES string of the molecule is CC(=O)N1c2ccccc2C(N(C(=O)c2cccc([N+](=O)[O-])c2)c2ccccc2)CC1C. The maximum Gasteiger partial charge on any atom is 0.270 e.